The lowest BCUT2D eigenvalue weighted by atomic mass is 9.62. The van der Waals surface area contributed by atoms with Gasteiger partial charge in [-0.1, -0.05) is 12.8 Å². The van der Waals surface area contributed by atoms with Crippen molar-refractivity contribution < 1.29 is 4.74 Å². The maximum atomic E-state index is 6.24. The standard InChI is InChI=1S/C13H18O/c1-12-10-7-6-9(11(10)14-12)13(12)5-3-2-4-8(7)13/h7-11H,2-6H2,1H3/t7-,8+,9-,10-,11-,12?,13-/m0/s1. The van der Waals surface area contributed by atoms with Gasteiger partial charge < -0.3 is 4.74 Å². The van der Waals surface area contributed by atoms with Crippen LogP contribution in [0.5, 0.6) is 0 Å². The molecule has 6 aliphatic rings. The van der Waals surface area contributed by atoms with Crippen molar-refractivity contribution in [2.75, 3.05) is 0 Å². The monoisotopic (exact) mass is 190 g/mol. The number of hydrogen-bond donors (Lipinski definition) is 0. The van der Waals surface area contributed by atoms with E-state index in [2.05, 4.69) is 6.92 Å². The second kappa shape index (κ2) is 1.71. The summed E-state index contributed by atoms with van der Waals surface area (Å²) in [6.07, 6.45) is 8.28. The van der Waals surface area contributed by atoms with Gasteiger partial charge in [-0.2, -0.15) is 0 Å². The summed E-state index contributed by atoms with van der Waals surface area (Å²) in [4.78, 5) is 0. The minimum Gasteiger partial charge on any atom is -0.370 e. The highest BCUT2D eigenvalue weighted by Gasteiger charge is 2.89. The predicted octanol–water partition coefficient (Wildman–Crippen LogP) is 2.60. The van der Waals surface area contributed by atoms with Crippen LogP contribution in [0, 0.1) is 29.1 Å². The topological polar surface area (TPSA) is 9.23 Å². The highest BCUT2D eigenvalue weighted by Crippen LogP contribution is 2.86. The molecule has 76 valence electrons. The maximum absolute atomic E-state index is 6.24. The third-order valence-electron chi connectivity index (χ3n) is 6.87. The highest BCUT2D eigenvalue weighted by molar-refractivity contribution is 5.36. The molecule has 1 spiro atoms. The zero-order valence-corrected chi connectivity index (χ0v) is 8.83. The van der Waals surface area contributed by atoms with Gasteiger partial charge in [0.15, 0.2) is 0 Å². The van der Waals surface area contributed by atoms with Gasteiger partial charge in [-0.25, -0.2) is 0 Å². The summed E-state index contributed by atoms with van der Waals surface area (Å²) in [5, 5.41) is 0. The quantitative estimate of drug-likeness (QED) is 0.570. The highest BCUT2D eigenvalue weighted by atomic mass is 16.6. The summed E-state index contributed by atoms with van der Waals surface area (Å²) < 4.78 is 6.24. The molecule has 1 saturated heterocycles. The Morgan fingerprint density at radius 1 is 1.21 bits per heavy atom. The van der Waals surface area contributed by atoms with Gasteiger partial charge in [0, 0.05) is 11.3 Å². The summed E-state index contributed by atoms with van der Waals surface area (Å²) in [5.41, 5.74) is 1.04. The zero-order chi connectivity index (χ0) is 9.13. The fourth-order valence-electron chi connectivity index (χ4n) is 6.84. The molecular formula is C13H18O. The van der Waals surface area contributed by atoms with Gasteiger partial charge in [-0.05, 0) is 43.9 Å². The average molecular weight is 190 g/mol. The molecule has 1 heteroatoms. The first kappa shape index (κ1) is 7.27. The first-order chi connectivity index (χ1) is 6.79. The Bertz CT molecular complexity index is 338. The van der Waals surface area contributed by atoms with Gasteiger partial charge in [0.1, 0.15) is 0 Å². The van der Waals surface area contributed by atoms with Crippen molar-refractivity contribution in [1.29, 1.82) is 0 Å². The van der Waals surface area contributed by atoms with Crippen LogP contribution < -0.4 is 0 Å². The summed E-state index contributed by atoms with van der Waals surface area (Å²) in [7, 11) is 0. The molecular weight excluding hydrogens is 172 g/mol. The molecule has 1 nitrogen and oxygen atoms in total. The van der Waals surface area contributed by atoms with E-state index in [4.69, 9.17) is 4.74 Å². The molecule has 5 aliphatic carbocycles. The van der Waals surface area contributed by atoms with E-state index in [-0.39, 0.29) is 0 Å². The van der Waals surface area contributed by atoms with Crippen LogP contribution in [0.4, 0.5) is 0 Å². The summed E-state index contributed by atoms with van der Waals surface area (Å²) in [6, 6.07) is 0. The van der Waals surface area contributed by atoms with Crippen molar-refractivity contribution in [2.24, 2.45) is 29.1 Å². The Morgan fingerprint density at radius 2 is 2.14 bits per heavy atom. The molecule has 1 unspecified atom stereocenters. The Balaban J connectivity index is 1.79. The lowest BCUT2D eigenvalue weighted by Crippen LogP contribution is -2.53. The van der Waals surface area contributed by atoms with Crippen LogP contribution >= 0.6 is 0 Å². The van der Waals surface area contributed by atoms with Gasteiger partial charge in [-0.15, -0.1) is 0 Å². The van der Waals surface area contributed by atoms with Gasteiger partial charge in [0.25, 0.3) is 0 Å². The molecule has 0 aromatic rings. The maximum Gasteiger partial charge on any atom is 0.0776 e. The van der Waals surface area contributed by atoms with Gasteiger partial charge in [0.05, 0.1) is 11.7 Å². The zero-order valence-electron chi connectivity index (χ0n) is 8.83. The van der Waals surface area contributed by atoms with Crippen LogP contribution in [0.25, 0.3) is 0 Å². The molecule has 1 aliphatic heterocycles. The van der Waals surface area contributed by atoms with Crippen LogP contribution in [0.3, 0.4) is 0 Å². The Labute approximate surface area is 85.2 Å². The SMILES string of the molecule is CC12O[C@@H]3[C@@H]1[C@H]1C[C@@H]3[C@@]23CCCC[C@H]13. The van der Waals surface area contributed by atoms with Crippen LogP contribution in [-0.4, -0.2) is 11.7 Å². The molecule has 5 saturated carbocycles. The molecule has 0 radical (unpaired) electrons. The molecule has 6 bridgehead atoms. The second-order valence-electron chi connectivity index (χ2n) is 6.61. The van der Waals surface area contributed by atoms with Gasteiger partial charge >= 0.3 is 0 Å². The molecule has 0 aromatic heterocycles. The smallest absolute Gasteiger partial charge is 0.0776 e. The van der Waals surface area contributed by atoms with E-state index in [1.165, 1.54) is 32.1 Å². The van der Waals surface area contributed by atoms with Crippen molar-refractivity contribution in [3.05, 3.63) is 0 Å². The van der Waals surface area contributed by atoms with Crippen LogP contribution in [0.15, 0.2) is 0 Å². The minimum absolute atomic E-state index is 0.357. The summed E-state index contributed by atoms with van der Waals surface area (Å²) in [5.74, 6) is 4.16. The van der Waals surface area contributed by atoms with Crippen molar-refractivity contribution in [2.45, 2.75) is 50.7 Å². The Hall–Kier alpha value is -0.0400. The van der Waals surface area contributed by atoms with Gasteiger partial charge in [0.2, 0.25) is 0 Å². The third-order valence-corrected chi connectivity index (χ3v) is 6.87. The number of hydrogen-bond acceptors (Lipinski definition) is 1. The lowest BCUT2D eigenvalue weighted by molar-refractivity contribution is -0.210. The van der Waals surface area contributed by atoms with Crippen LogP contribution in [0.1, 0.15) is 39.0 Å². The number of rotatable bonds is 0. The Morgan fingerprint density at radius 3 is 3.00 bits per heavy atom. The molecule has 7 atom stereocenters. The Kier molecular flexibility index (Phi) is 0.886. The number of ether oxygens (including phenoxy) is 1. The van der Waals surface area contributed by atoms with E-state index in [1.807, 2.05) is 0 Å². The van der Waals surface area contributed by atoms with E-state index in [0.29, 0.717) is 11.0 Å². The largest absolute Gasteiger partial charge is 0.370 e. The van der Waals surface area contributed by atoms with E-state index in [0.717, 1.165) is 29.8 Å². The molecule has 0 amide bonds. The first-order valence-corrected chi connectivity index (χ1v) is 6.47. The van der Waals surface area contributed by atoms with Crippen molar-refractivity contribution >= 4 is 0 Å². The molecule has 0 aromatic carbocycles. The lowest BCUT2D eigenvalue weighted by Gasteiger charge is -2.47. The molecule has 0 N–H and O–H groups in total. The average Bonchev–Trinajstić information content (AvgIpc) is 2.79. The van der Waals surface area contributed by atoms with E-state index in [1.54, 1.807) is 0 Å². The normalized spacial score (nSPS) is 76.5. The van der Waals surface area contributed by atoms with Crippen LogP contribution in [0.2, 0.25) is 0 Å². The fourth-order valence-corrected chi connectivity index (χ4v) is 6.84. The predicted molar refractivity (Wildman–Crippen MR) is 52.8 cm³/mol. The molecule has 6 fully saturated rings. The molecule has 1 heterocycles. The van der Waals surface area contributed by atoms with E-state index in [9.17, 15) is 0 Å². The van der Waals surface area contributed by atoms with Crippen LogP contribution in [-0.2, 0) is 4.74 Å². The first-order valence-electron chi connectivity index (χ1n) is 6.47. The van der Waals surface area contributed by atoms with Crippen molar-refractivity contribution in [3.8, 4) is 0 Å². The third kappa shape index (κ3) is 0.400. The summed E-state index contributed by atoms with van der Waals surface area (Å²) in [6.45, 7) is 2.45. The fraction of sp³-hybridized carbons (Fsp3) is 1.00. The van der Waals surface area contributed by atoms with E-state index < -0.39 is 0 Å². The second-order valence-corrected chi connectivity index (χ2v) is 6.61. The van der Waals surface area contributed by atoms with Crippen molar-refractivity contribution in [3.63, 3.8) is 0 Å². The van der Waals surface area contributed by atoms with Crippen molar-refractivity contribution in [1.82, 2.24) is 0 Å². The molecule has 14 heavy (non-hydrogen) atoms. The minimum atomic E-state index is 0.357. The molecule has 6 rings (SSSR count). The van der Waals surface area contributed by atoms with E-state index >= 15 is 0 Å². The van der Waals surface area contributed by atoms with Gasteiger partial charge in [-0.3, -0.25) is 0 Å². The summed E-state index contributed by atoms with van der Waals surface area (Å²) >= 11 is 0.